The van der Waals surface area contributed by atoms with E-state index < -0.39 is 0 Å². The molecule has 3 heteroatoms. The van der Waals surface area contributed by atoms with Crippen LogP contribution in [0.3, 0.4) is 0 Å². The van der Waals surface area contributed by atoms with E-state index in [1.807, 2.05) is 0 Å². The lowest BCUT2D eigenvalue weighted by atomic mass is 9.94. The van der Waals surface area contributed by atoms with E-state index in [2.05, 4.69) is 18.0 Å². The van der Waals surface area contributed by atoms with Gasteiger partial charge in [0.15, 0.2) is 0 Å². The van der Waals surface area contributed by atoms with Crippen molar-refractivity contribution in [2.45, 2.75) is 64.0 Å². The van der Waals surface area contributed by atoms with E-state index in [4.69, 9.17) is 10.7 Å². The SMILES string of the molecule is CN(c1nc2c(cc1CN)CCCC2)C1CCCC1. The normalized spacial score (nSPS) is 19.5. The van der Waals surface area contributed by atoms with Crippen molar-refractivity contribution in [3.8, 4) is 0 Å². The van der Waals surface area contributed by atoms with Crippen LogP contribution >= 0.6 is 0 Å². The van der Waals surface area contributed by atoms with Gasteiger partial charge in [-0.1, -0.05) is 12.8 Å². The molecule has 0 radical (unpaired) electrons. The molecule has 3 rings (SSSR count). The van der Waals surface area contributed by atoms with Gasteiger partial charge in [-0.3, -0.25) is 0 Å². The van der Waals surface area contributed by atoms with Crippen LogP contribution in [0.2, 0.25) is 0 Å². The first-order valence-corrected chi connectivity index (χ1v) is 7.74. The summed E-state index contributed by atoms with van der Waals surface area (Å²) in [4.78, 5) is 7.37. The number of aryl methyl sites for hydroxylation is 2. The minimum atomic E-state index is 0.604. The third-order valence-corrected chi connectivity index (χ3v) is 4.78. The van der Waals surface area contributed by atoms with Gasteiger partial charge in [0.05, 0.1) is 0 Å². The summed E-state index contributed by atoms with van der Waals surface area (Å²) in [5.74, 6) is 1.15. The van der Waals surface area contributed by atoms with Gasteiger partial charge < -0.3 is 10.6 Å². The van der Waals surface area contributed by atoms with Crippen LogP contribution in [0.5, 0.6) is 0 Å². The molecule has 2 N–H and O–H groups in total. The smallest absolute Gasteiger partial charge is 0.133 e. The summed E-state index contributed by atoms with van der Waals surface area (Å²) in [5, 5.41) is 0. The molecular formula is C16H25N3. The number of hydrogen-bond acceptors (Lipinski definition) is 3. The molecule has 0 spiro atoms. The second-order valence-electron chi connectivity index (χ2n) is 6.04. The van der Waals surface area contributed by atoms with Gasteiger partial charge in [0.25, 0.3) is 0 Å². The highest BCUT2D eigenvalue weighted by Crippen LogP contribution is 2.31. The van der Waals surface area contributed by atoms with Gasteiger partial charge >= 0.3 is 0 Å². The minimum Gasteiger partial charge on any atom is -0.356 e. The molecule has 0 atom stereocenters. The average Bonchev–Trinajstić information content (AvgIpc) is 2.99. The topological polar surface area (TPSA) is 42.2 Å². The molecule has 2 aliphatic rings. The number of pyridine rings is 1. The Balaban J connectivity index is 1.94. The number of aromatic nitrogens is 1. The number of hydrogen-bond donors (Lipinski definition) is 1. The molecule has 1 aromatic rings. The summed E-state index contributed by atoms with van der Waals surface area (Å²) < 4.78 is 0. The third-order valence-electron chi connectivity index (χ3n) is 4.78. The zero-order chi connectivity index (χ0) is 13.2. The molecule has 3 nitrogen and oxygen atoms in total. The number of anilines is 1. The molecule has 0 aliphatic heterocycles. The second kappa shape index (κ2) is 5.49. The van der Waals surface area contributed by atoms with E-state index >= 15 is 0 Å². The maximum atomic E-state index is 5.95. The maximum Gasteiger partial charge on any atom is 0.133 e. The van der Waals surface area contributed by atoms with Crippen molar-refractivity contribution in [1.29, 1.82) is 0 Å². The first kappa shape index (κ1) is 12.9. The summed E-state index contributed by atoms with van der Waals surface area (Å²) in [7, 11) is 2.20. The van der Waals surface area contributed by atoms with Crippen LogP contribution in [-0.4, -0.2) is 18.1 Å². The van der Waals surface area contributed by atoms with Gasteiger partial charge in [0.1, 0.15) is 5.82 Å². The second-order valence-corrected chi connectivity index (χ2v) is 6.04. The van der Waals surface area contributed by atoms with Gasteiger partial charge in [0.2, 0.25) is 0 Å². The Kier molecular flexibility index (Phi) is 3.74. The summed E-state index contributed by atoms with van der Waals surface area (Å²) in [5.41, 5.74) is 9.95. The molecule has 1 aromatic heterocycles. The van der Waals surface area contributed by atoms with Gasteiger partial charge in [-0.2, -0.15) is 0 Å². The molecule has 0 unspecified atom stereocenters. The largest absolute Gasteiger partial charge is 0.356 e. The summed E-state index contributed by atoms with van der Waals surface area (Å²) in [6.07, 6.45) is 10.2. The Labute approximate surface area is 116 Å². The van der Waals surface area contributed by atoms with Gasteiger partial charge in [0, 0.05) is 30.9 Å². The van der Waals surface area contributed by atoms with Crippen LogP contribution < -0.4 is 10.6 Å². The van der Waals surface area contributed by atoms with E-state index in [9.17, 15) is 0 Å². The van der Waals surface area contributed by atoms with Crippen LogP contribution in [0, 0.1) is 0 Å². The quantitative estimate of drug-likeness (QED) is 0.907. The predicted molar refractivity (Wildman–Crippen MR) is 79.4 cm³/mol. The van der Waals surface area contributed by atoms with E-state index in [-0.39, 0.29) is 0 Å². The Morgan fingerprint density at radius 3 is 2.68 bits per heavy atom. The summed E-state index contributed by atoms with van der Waals surface area (Å²) in [6.45, 7) is 0.604. The predicted octanol–water partition coefficient (Wildman–Crippen LogP) is 2.80. The average molecular weight is 259 g/mol. The maximum absolute atomic E-state index is 5.95. The number of rotatable bonds is 3. The van der Waals surface area contributed by atoms with Gasteiger partial charge in [-0.15, -0.1) is 0 Å². The van der Waals surface area contributed by atoms with Gasteiger partial charge in [-0.25, -0.2) is 4.98 Å². The van der Waals surface area contributed by atoms with Gasteiger partial charge in [-0.05, 0) is 50.2 Å². The number of fused-ring (bicyclic) bond motifs is 1. The van der Waals surface area contributed by atoms with E-state index in [1.165, 1.54) is 61.8 Å². The highest BCUT2D eigenvalue weighted by atomic mass is 15.2. The van der Waals surface area contributed by atoms with Crippen LogP contribution in [0.4, 0.5) is 5.82 Å². The lowest BCUT2D eigenvalue weighted by Gasteiger charge is -2.29. The van der Waals surface area contributed by atoms with Crippen molar-refractivity contribution in [3.05, 3.63) is 22.9 Å². The molecule has 2 aliphatic carbocycles. The van der Waals surface area contributed by atoms with E-state index in [1.54, 1.807) is 0 Å². The molecule has 1 fully saturated rings. The first-order chi connectivity index (χ1) is 9.29. The molecule has 19 heavy (non-hydrogen) atoms. The monoisotopic (exact) mass is 259 g/mol. The summed E-state index contributed by atoms with van der Waals surface area (Å²) in [6, 6.07) is 2.99. The molecule has 0 saturated heterocycles. The molecule has 0 aromatic carbocycles. The molecule has 104 valence electrons. The fourth-order valence-electron chi connectivity index (χ4n) is 3.59. The van der Waals surface area contributed by atoms with Crippen molar-refractivity contribution in [3.63, 3.8) is 0 Å². The van der Waals surface area contributed by atoms with E-state index in [0.29, 0.717) is 12.6 Å². The Bertz CT molecular complexity index is 450. The standard InChI is InChI=1S/C16H25N3/c1-19(14-7-3-4-8-14)16-13(11-17)10-12-6-2-5-9-15(12)18-16/h10,14H,2-9,11,17H2,1H3. The zero-order valence-corrected chi connectivity index (χ0v) is 12.0. The van der Waals surface area contributed by atoms with Crippen molar-refractivity contribution < 1.29 is 0 Å². The Hall–Kier alpha value is -1.09. The number of nitrogens with zero attached hydrogens (tertiary/aromatic N) is 2. The van der Waals surface area contributed by atoms with Crippen LogP contribution in [0.25, 0.3) is 0 Å². The first-order valence-electron chi connectivity index (χ1n) is 7.74. The molecule has 0 amide bonds. The highest BCUT2D eigenvalue weighted by molar-refractivity contribution is 5.51. The lowest BCUT2D eigenvalue weighted by molar-refractivity contribution is 0.629. The van der Waals surface area contributed by atoms with Crippen LogP contribution in [0.1, 0.15) is 55.3 Å². The Morgan fingerprint density at radius 1 is 1.21 bits per heavy atom. The van der Waals surface area contributed by atoms with Crippen molar-refractivity contribution in [2.24, 2.45) is 5.73 Å². The Morgan fingerprint density at radius 2 is 1.95 bits per heavy atom. The van der Waals surface area contributed by atoms with Crippen molar-refractivity contribution in [2.75, 3.05) is 11.9 Å². The van der Waals surface area contributed by atoms with Crippen LogP contribution in [0.15, 0.2) is 6.07 Å². The fraction of sp³-hybridized carbons (Fsp3) is 0.688. The zero-order valence-electron chi connectivity index (χ0n) is 12.0. The lowest BCUT2D eigenvalue weighted by Crippen LogP contribution is -2.31. The third kappa shape index (κ3) is 2.48. The van der Waals surface area contributed by atoms with Crippen molar-refractivity contribution in [1.82, 2.24) is 4.98 Å². The molecule has 1 heterocycles. The van der Waals surface area contributed by atoms with Crippen LogP contribution in [-0.2, 0) is 19.4 Å². The fourth-order valence-corrected chi connectivity index (χ4v) is 3.59. The highest BCUT2D eigenvalue weighted by Gasteiger charge is 2.24. The van der Waals surface area contributed by atoms with Crippen molar-refractivity contribution >= 4 is 5.82 Å². The number of nitrogens with two attached hydrogens (primary N) is 1. The van der Waals surface area contributed by atoms with E-state index in [0.717, 1.165) is 12.2 Å². The molecule has 0 bridgehead atoms. The molecular weight excluding hydrogens is 234 g/mol. The minimum absolute atomic E-state index is 0.604. The molecule has 1 saturated carbocycles. The summed E-state index contributed by atoms with van der Waals surface area (Å²) >= 11 is 0.